The minimum absolute atomic E-state index is 0.128. The highest BCUT2D eigenvalue weighted by Crippen LogP contribution is 2.42. The van der Waals surface area contributed by atoms with Crippen LogP contribution in [0.25, 0.3) is 0 Å². The molecular weight excluding hydrogens is 284 g/mol. The second-order valence-electron chi connectivity index (χ2n) is 5.94. The van der Waals surface area contributed by atoms with Crippen LogP contribution in [0.3, 0.4) is 0 Å². The maximum Gasteiger partial charge on any atom is 0.326 e. The Hall–Kier alpha value is -2.37. The van der Waals surface area contributed by atoms with Gasteiger partial charge < -0.3 is 10.1 Å². The molecule has 1 aliphatic heterocycles. The standard InChI is InChI=1S/C16H18N2O4/c1-16(12-7-8-12)14(20)18(15(21)17-16)9-13(19)22-10-11-5-3-2-4-6-11/h2-6,12H,7-10H2,1H3,(H,17,21)/t16-/m0/s1. The van der Waals surface area contributed by atoms with Gasteiger partial charge in [0, 0.05) is 0 Å². The van der Waals surface area contributed by atoms with E-state index in [1.807, 2.05) is 30.3 Å². The number of benzene rings is 1. The fourth-order valence-electron chi connectivity index (χ4n) is 2.71. The van der Waals surface area contributed by atoms with Crippen LogP contribution >= 0.6 is 0 Å². The van der Waals surface area contributed by atoms with Crippen molar-refractivity contribution in [1.29, 1.82) is 0 Å². The van der Waals surface area contributed by atoms with Gasteiger partial charge in [0.05, 0.1) is 0 Å². The van der Waals surface area contributed by atoms with Crippen LogP contribution in [-0.4, -0.2) is 34.9 Å². The zero-order valence-corrected chi connectivity index (χ0v) is 12.4. The monoisotopic (exact) mass is 302 g/mol. The van der Waals surface area contributed by atoms with Crippen LogP contribution in [0, 0.1) is 5.92 Å². The zero-order chi connectivity index (χ0) is 15.7. The number of nitrogens with one attached hydrogen (secondary N) is 1. The number of esters is 1. The molecule has 1 aliphatic carbocycles. The molecule has 0 bridgehead atoms. The number of urea groups is 1. The van der Waals surface area contributed by atoms with Crippen molar-refractivity contribution in [2.45, 2.75) is 31.9 Å². The van der Waals surface area contributed by atoms with Crippen molar-refractivity contribution < 1.29 is 19.1 Å². The smallest absolute Gasteiger partial charge is 0.326 e. The molecule has 0 unspecified atom stereocenters. The van der Waals surface area contributed by atoms with Crippen molar-refractivity contribution in [3.05, 3.63) is 35.9 Å². The van der Waals surface area contributed by atoms with Crippen LogP contribution in [0.2, 0.25) is 0 Å². The van der Waals surface area contributed by atoms with E-state index in [2.05, 4.69) is 5.32 Å². The molecule has 116 valence electrons. The Kier molecular flexibility index (Phi) is 3.60. The van der Waals surface area contributed by atoms with Crippen molar-refractivity contribution in [2.75, 3.05) is 6.54 Å². The lowest BCUT2D eigenvalue weighted by molar-refractivity contribution is -0.148. The summed E-state index contributed by atoms with van der Waals surface area (Å²) in [6.45, 7) is 1.50. The molecule has 2 aliphatic rings. The number of amides is 3. The molecule has 1 aromatic carbocycles. The van der Waals surface area contributed by atoms with Crippen molar-refractivity contribution in [1.82, 2.24) is 10.2 Å². The first-order chi connectivity index (χ1) is 10.5. The van der Waals surface area contributed by atoms with Gasteiger partial charge in [0.15, 0.2) is 0 Å². The summed E-state index contributed by atoms with van der Waals surface area (Å²) in [6.07, 6.45) is 1.85. The number of imide groups is 1. The molecule has 1 aromatic rings. The maximum absolute atomic E-state index is 12.4. The molecule has 3 amide bonds. The summed E-state index contributed by atoms with van der Waals surface area (Å²) >= 11 is 0. The van der Waals surface area contributed by atoms with Gasteiger partial charge in [-0.15, -0.1) is 0 Å². The highest BCUT2D eigenvalue weighted by molar-refractivity contribution is 6.08. The molecule has 22 heavy (non-hydrogen) atoms. The summed E-state index contributed by atoms with van der Waals surface area (Å²) in [5.74, 6) is -0.752. The molecule has 1 saturated heterocycles. The fourth-order valence-corrected chi connectivity index (χ4v) is 2.71. The third-order valence-corrected chi connectivity index (χ3v) is 4.22. The molecule has 1 atom stereocenters. The second kappa shape index (κ2) is 5.44. The molecule has 0 aromatic heterocycles. The van der Waals surface area contributed by atoms with Crippen LogP contribution in [-0.2, 0) is 20.9 Å². The van der Waals surface area contributed by atoms with Gasteiger partial charge in [0.2, 0.25) is 0 Å². The van der Waals surface area contributed by atoms with Crippen LogP contribution in [0.15, 0.2) is 30.3 Å². The average molecular weight is 302 g/mol. The van der Waals surface area contributed by atoms with Gasteiger partial charge in [-0.2, -0.15) is 0 Å². The highest BCUT2D eigenvalue weighted by atomic mass is 16.5. The van der Waals surface area contributed by atoms with Gasteiger partial charge >= 0.3 is 12.0 Å². The van der Waals surface area contributed by atoms with Crippen LogP contribution in [0.1, 0.15) is 25.3 Å². The molecule has 6 heteroatoms. The third-order valence-electron chi connectivity index (χ3n) is 4.22. The number of ether oxygens (including phenoxy) is 1. The Balaban J connectivity index is 1.57. The van der Waals surface area contributed by atoms with E-state index in [4.69, 9.17) is 4.74 Å². The molecule has 6 nitrogen and oxygen atoms in total. The van der Waals surface area contributed by atoms with Gasteiger partial charge in [0.25, 0.3) is 5.91 Å². The number of hydrogen-bond acceptors (Lipinski definition) is 4. The number of carbonyl (C=O) groups excluding carboxylic acids is 3. The SMILES string of the molecule is C[C@@]1(C2CC2)NC(=O)N(CC(=O)OCc2ccccc2)C1=O. The summed E-state index contributed by atoms with van der Waals surface area (Å²) in [5, 5.41) is 2.70. The van der Waals surface area contributed by atoms with Crippen LogP contribution in [0.4, 0.5) is 4.79 Å². The van der Waals surface area contributed by atoms with Crippen LogP contribution in [0.5, 0.6) is 0 Å². The van der Waals surface area contributed by atoms with Gasteiger partial charge in [-0.1, -0.05) is 30.3 Å². The van der Waals surface area contributed by atoms with Gasteiger partial charge in [0.1, 0.15) is 18.7 Å². The van der Waals surface area contributed by atoms with E-state index in [-0.39, 0.29) is 25.0 Å². The van der Waals surface area contributed by atoms with E-state index >= 15 is 0 Å². The lowest BCUT2D eigenvalue weighted by Crippen LogP contribution is -2.46. The van der Waals surface area contributed by atoms with E-state index in [9.17, 15) is 14.4 Å². The van der Waals surface area contributed by atoms with Crippen molar-refractivity contribution in [3.8, 4) is 0 Å². The average Bonchev–Trinajstić information content (AvgIpc) is 3.33. The van der Waals surface area contributed by atoms with E-state index in [0.717, 1.165) is 23.3 Å². The number of hydrogen-bond donors (Lipinski definition) is 1. The van der Waals surface area contributed by atoms with E-state index in [1.54, 1.807) is 6.92 Å². The minimum atomic E-state index is -0.864. The van der Waals surface area contributed by atoms with E-state index in [0.29, 0.717) is 0 Å². The lowest BCUT2D eigenvalue weighted by Gasteiger charge is -2.20. The Morgan fingerprint density at radius 3 is 2.64 bits per heavy atom. The molecule has 1 heterocycles. The van der Waals surface area contributed by atoms with E-state index in [1.165, 1.54) is 0 Å². The first-order valence-corrected chi connectivity index (χ1v) is 7.34. The Bertz CT molecular complexity index is 612. The zero-order valence-electron chi connectivity index (χ0n) is 12.4. The van der Waals surface area contributed by atoms with Gasteiger partial charge in [-0.05, 0) is 31.2 Å². The Morgan fingerprint density at radius 1 is 1.32 bits per heavy atom. The Morgan fingerprint density at radius 2 is 2.00 bits per heavy atom. The van der Waals surface area contributed by atoms with Crippen LogP contribution < -0.4 is 5.32 Å². The van der Waals surface area contributed by atoms with Gasteiger partial charge in [-0.3, -0.25) is 14.5 Å². The number of rotatable bonds is 5. The molecule has 0 radical (unpaired) electrons. The lowest BCUT2D eigenvalue weighted by atomic mass is 9.96. The predicted octanol–water partition coefficient (Wildman–Crippen LogP) is 1.45. The summed E-state index contributed by atoms with van der Waals surface area (Å²) in [6, 6.07) is 8.73. The minimum Gasteiger partial charge on any atom is -0.459 e. The summed E-state index contributed by atoms with van der Waals surface area (Å²) in [4.78, 5) is 37.1. The molecule has 1 N–H and O–H groups in total. The highest BCUT2D eigenvalue weighted by Gasteiger charge is 2.56. The maximum atomic E-state index is 12.4. The van der Waals surface area contributed by atoms with Gasteiger partial charge in [-0.25, -0.2) is 4.79 Å². The number of carbonyl (C=O) groups is 3. The fraction of sp³-hybridized carbons (Fsp3) is 0.438. The second-order valence-corrected chi connectivity index (χ2v) is 5.94. The summed E-state index contributed by atoms with van der Waals surface area (Å²) < 4.78 is 5.12. The molecule has 0 spiro atoms. The quantitative estimate of drug-likeness (QED) is 0.660. The van der Waals surface area contributed by atoms with E-state index < -0.39 is 17.5 Å². The number of nitrogens with zero attached hydrogens (tertiary/aromatic N) is 1. The molecule has 3 rings (SSSR count). The normalized spacial score (nSPS) is 24.3. The largest absolute Gasteiger partial charge is 0.459 e. The van der Waals surface area contributed by atoms with Crippen molar-refractivity contribution in [2.24, 2.45) is 5.92 Å². The van der Waals surface area contributed by atoms with Crippen molar-refractivity contribution in [3.63, 3.8) is 0 Å². The predicted molar refractivity (Wildman–Crippen MR) is 77.6 cm³/mol. The topological polar surface area (TPSA) is 75.7 Å². The summed E-state index contributed by atoms with van der Waals surface area (Å²) in [7, 11) is 0. The molecule has 2 fully saturated rings. The molecule has 1 saturated carbocycles. The molecular formula is C16H18N2O4. The first-order valence-electron chi connectivity index (χ1n) is 7.34. The van der Waals surface area contributed by atoms with Crippen molar-refractivity contribution >= 4 is 17.9 Å². The first kappa shape index (κ1) is 14.6. The third kappa shape index (κ3) is 2.68. The Labute approximate surface area is 128 Å². The summed E-state index contributed by atoms with van der Waals surface area (Å²) in [5.41, 5.74) is -0.00701.